The molecular weight excluding hydrogens is 326 g/mol. The molecule has 5 heteroatoms. The van der Waals surface area contributed by atoms with Gasteiger partial charge in [0, 0.05) is 30.4 Å². The van der Waals surface area contributed by atoms with Gasteiger partial charge in [-0.3, -0.25) is 14.6 Å². The van der Waals surface area contributed by atoms with Crippen LogP contribution in [-0.2, 0) is 6.54 Å². The molecule has 0 spiro atoms. The van der Waals surface area contributed by atoms with Crippen molar-refractivity contribution in [1.29, 1.82) is 0 Å². The maximum Gasteiger partial charge on any atom is 0.272 e. The Balaban J connectivity index is 2.21. The Morgan fingerprint density at radius 1 is 1.12 bits per heavy atom. The summed E-state index contributed by atoms with van der Waals surface area (Å²) < 4.78 is 0. The van der Waals surface area contributed by atoms with Crippen LogP contribution in [0.2, 0.25) is 0 Å². The predicted molar refractivity (Wildman–Crippen MR) is 103 cm³/mol. The molecule has 138 valence electrons. The number of nitrogens with one attached hydrogen (secondary N) is 1. The van der Waals surface area contributed by atoms with E-state index in [1.807, 2.05) is 58.0 Å². The molecule has 1 aromatic carbocycles. The molecule has 1 aromatic heterocycles. The molecule has 26 heavy (non-hydrogen) atoms. The van der Waals surface area contributed by atoms with Crippen molar-refractivity contribution in [2.75, 3.05) is 0 Å². The van der Waals surface area contributed by atoms with E-state index >= 15 is 0 Å². The van der Waals surface area contributed by atoms with Gasteiger partial charge in [-0.25, -0.2) is 0 Å². The van der Waals surface area contributed by atoms with Crippen LogP contribution < -0.4 is 5.32 Å². The van der Waals surface area contributed by atoms with Crippen molar-refractivity contribution in [1.82, 2.24) is 15.2 Å². The lowest BCUT2D eigenvalue weighted by Crippen LogP contribution is -2.37. The van der Waals surface area contributed by atoms with Gasteiger partial charge in [0.05, 0.1) is 0 Å². The first-order valence-electron chi connectivity index (χ1n) is 9.04. The Kier molecular flexibility index (Phi) is 6.89. The smallest absolute Gasteiger partial charge is 0.272 e. The molecule has 0 bridgehead atoms. The summed E-state index contributed by atoms with van der Waals surface area (Å²) in [6.07, 6.45) is 2.36. The van der Waals surface area contributed by atoms with Crippen LogP contribution in [0.25, 0.3) is 0 Å². The number of hydrogen-bond acceptors (Lipinski definition) is 3. The number of hydrogen-bond donors (Lipinski definition) is 1. The Morgan fingerprint density at radius 3 is 2.42 bits per heavy atom. The number of aromatic nitrogens is 1. The SMILES string of the molecule is CCC(C)NC(=O)c1ccnc(C(=O)N(Cc2ccccc2)C(C)C)c1. The van der Waals surface area contributed by atoms with Crippen molar-refractivity contribution >= 4 is 11.8 Å². The van der Waals surface area contributed by atoms with Crippen molar-refractivity contribution in [3.05, 3.63) is 65.5 Å². The summed E-state index contributed by atoms with van der Waals surface area (Å²) in [7, 11) is 0. The Labute approximate surface area is 155 Å². The summed E-state index contributed by atoms with van der Waals surface area (Å²) in [6.45, 7) is 8.41. The fourth-order valence-electron chi connectivity index (χ4n) is 2.51. The van der Waals surface area contributed by atoms with Crippen LogP contribution in [0.15, 0.2) is 48.7 Å². The maximum absolute atomic E-state index is 13.0. The summed E-state index contributed by atoms with van der Waals surface area (Å²) in [5.74, 6) is -0.364. The summed E-state index contributed by atoms with van der Waals surface area (Å²) >= 11 is 0. The van der Waals surface area contributed by atoms with Crippen LogP contribution in [-0.4, -0.2) is 33.8 Å². The second kappa shape index (κ2) is 9.13. The molecule has 0 aliphatic carbocycles. The van der Waals surface area contributed by atoms with E-state index in [-0.39, 0.29) is 29.6 Å². The number of carbonyl (C=O) groups is 2. The van der Waals surface area contributed by atoms with E-state index in [9.17, 15) is 9.59 Å². The average molecular weight is 353 g/mol. The molecule has 0 aliphatic heterocycles. The van der Waals surface area contributed by atoms with E-state index in [1.54, 1.807) is 17.0 Å². The molecule has 1 atom stereocenters. The molecule has 5 nitrogen and oxygen atoms in total. The highest BCUT2D eigenvalue weighted by Crippen LogP contribution is 2.13. The molecule has 2 rings (SSSR count). The highest BCUT2D eigenvalue weighted by Gasteiger charge is 2.21. The van der Waals surface area contributed by atoms with Gasteiger partial charge in [-0.05, 0) is 44.9 Å². The molecule has 0 saturated carbocycles. The third-order valence-corrected chi connectivity index (χ3v) is 4.31. The lowest BCUT2D eigenvalue weighted by Gasteiger charge is -2.26. The third-order valence-electron chi connectivity index (χ3n) is 4.31. The first-order valence-corrected chi connectivity index (χ1v) is 9.04. The van der Waals surface area contributed by atoms with Gasteiger partial charge in [0.15, 0.2) is 0 Å². The van der Waals surface area contributed by atoms with Gasteiger partial charge >= 0.3 is 0 Å². The van der Waals surface area contributed by atoms with E-state index in [2.05, 4.69) is 10.3 Å². The zero-order chi connectivity index (χ0) is 19.1. The van der Waals surface area contributed by atoms with Gasteiger partial charge < -0.3 is 10.2 Å². The Morgan fingerprint density at radius 2 is 1.81 bits per heavy atom. The van der Waals surface area contributed by atoms with Crippen LogP contribution in [0.3, 0.4) is 0 Å². The average Bonchev–Trinajstić information content (AvgIpc) is 2.66. The minimum atomic E-state index is -0.185. The minimum absolute atomic E-state index is 0.0158. The number of nitrogens with zero attached hydrogens (tertiary/aromatic N) is 2. The lowest BCUT2D eigenvalue weighted by atomic mass is 10.1. The van der Waals surface area contributed by atoms with E-state index in [0.29, 0.717) is 12.1 Å². The second-order valence-electron chi connectivity index (χ2n) is 6.72. The molecular formula is C21H27N3O2. The predicted octanol–water partition coefficient (Wildman–Crippen LogP) is 3.66. The molecule has 2 amide bonds. The highest BCUT2D eigenvalue weighted by molar-refractivity contribution is 5.98. The molecule has 2 aromatic rings. The highest BCUT2D eigenvalue weighted by atomic mass is 16.2. The van der Waals surface area contributed by atoms with Crippen molar-refractivity contribution in [2.45, 2.75) is 52.7 Å². The summed E-state index contributed by atoms with van der Waals surface area (Å²) in [4.78, 5) is 31.2. The van der Waals surface area contributed by atoms with Crippen molar-refractivity contribution < 1.29 is 9.59 Å². The minimum Gasteiger partial charge on any atom is -0.350 e. The molecule has 1 unspecified atom stereocenters. The second-order valence-corrected chi connectivity index (χ2v) is 6.72. The molecule has 0 radical (unpaired) electrons. The quantitative estimate of drug-likeness (QED) is 0.826. The number of benzene rings is 1. The Hall–Kier alpha value is -2.69. The molecule has 1 N–H and O–H groups in total. The van der Waals surface area contributed by atoms with Gasteiger partial charge in [-0.1, -0.05) is 37.3 Å². The van der Waals surface area contributed by atoms with Crippen molar-refractivity contribution in [3.8, 4) is 0 Å². The standard InChI is InChI=1S/C21H27N3O2/c1-5-16(4)23-20(25)18-11-12-22-19(13-18)21(26)24(15(2)3)14-17-9-7-6-8-10-17/h6-13,15-16H,5,14H2,1-4H3,(H,23,25). The summed E-state index contributed by atoms with van der Waals surface area (Å²) in [6, 6.07) is 13.1. The van der Waals surface area contributed by atoms with E-state index in [0.717, 1.165) is 12.0 Å². The van der Waals surface area contributed by atoms with Crippen molar-refractivity contribution in [2.24, 2.45) is 0 Å². The number of rotatable bonds is 7. The molecule has 0 aliphatic rings. The summed E-state index contributed by atoms with van der Waals surface area (Å²) in [5.41, 5.74) is 1.79. The van der Waals surface area contributed by atoms with Gasteiger partial charge in [0.2, 0.25) is 0 Å². The van der Waals surface area contributed by atoms with Crippen LogP contribution in [0.4, 0.5) is 0 Å². The van der Waals surface area contributed by atoms with E-state index < -0.39 is 0 Å². The van der Waals surface area contributed by atoms with Crippen LogP contribution in [0.1, 0.15) is 60.5 Å². The van der Waals surface area contributed by atoms with Crippen molar-refractivity contribution in [3.63, 3.8) is 0 Å². The topological polar surface area (TPSA) is 62.3 Å². The largest absolute Gasteiger partial charge is 0.350 e. The monoisotopic (exact) mass is 353 g/mol. The molecule has 0 saturated heterocycles. The van der Waals surface area contributed by atoms with Crippen LogP contribution in [0, 0.1) is 0 Å². The third kappa shape index (κ3) is 5.15. The summed E-state index contributed by atoms with van der Waals surface area (Å²) in [5, 5.41) is 2.91. The maximum atomic E-state index is 13.0. The van der Waals surface area contributed by atoms with Gasteiger partial charge in [-0.15, -0.1) is 0 Å². The number of amides is 2. The zero-order valence-corrected chi connectivity index (χ0v) is 15.9. The zero-order valence-electron chi connectivity index (χ0n) is 15.9. The first kappa shape index (κ1) is 19.6. The van der Waals surface area contributed by atoms with Gasteiger partial charge in [0.25, 0.3) is 11.8 Å². The van der Waals surface area contributed by atoms with Crippen LogP contribution >= 0.6 is 0 Å². The number of pyridine rings is 1. The van der Waals surface area contributed by atoms with E-state index in [4.69, 9.17) is 0 Å². The van der Waals surface area contributed by atoms with Crippen LogP contribution in [0.5, 0.6) is 0 Å². The Bertz CT molecular complexity index is 744. The van der Waals surface area contributed by atoms with Gasteiger partial charge in [0.1, 0.15) is 5.69 Å². The number of carbonyl (C=O) groups excluding carboxylic acids is 2. The lowest BCUT2D eigenvalue weighted by molar-refractivity contribution is 0.0684. The normalized spacial score (nSPS) is 11.9. The fourth-order valence-corrected chi connectivity index (χ4v) is 2.51. The molecule has 1 heterocycles. The first-order chi connectivity index (χ1) is 12.4. The van der Waals surface area contributed by atoms with Gasteiger partial charge in [-0.2, -0.15) is 0 Å². The van der Waals surface area contributed by atoms with E-state index in [1.165, 1.54) is 6.20 Å². The molecule has 0 fully saturated rings. The fraction of sp³-hybridized carbons (Fsp3) is 0.381.